The number of aryl methyl sites for hydroxylation is 1. The molecule has 0 aliphatic carbocycles. The highest BCUT2D eigenvalue weighted by atomic mass is 19.4. The Labute approximate surface area is 279 Å². The zero-order chi connectivity index (χ0) is 33.7. The first-order valence-corrected chi connectivity index (χ1v) is 16.7. The van der Waals surface area contributed by atoms with Crippen LogP contribution in [0.2, 0.25) is 0 Å². The molecular formula is C37H44F4N6O. The summed E-state index contributed by atoms with van der Waals surface area (Å²) in [7, 11) is 0. The van der Waals surface area contributed by atoms with Crippen LogP contribution in [0, 0.1) is 5.82 Å². The minimum atomic E-state index is -4.74. The summed E-state index contributed by atoms with van der Waals surface area (Å²) in [6, 6.07) is 19.5. The van der Waals surface area contributed by atoms with Crippen molar-refractivity contribution in [3.8, 4) is 16.9 Å². The minimum absolute atomic E-state index is 0.165. The highest BCUT2D eigenvalue weighted by molar-refractivity contribution is 5.96. The molecule has 0 unspecified atom stereocenters. The molecule has 2 fully saturated rings. The van der Waals surface area contributed by atoms with E-state index >= 15 is 0 Å². The van der Waals surface area contributed by atoms with Gasteiger partial charge in [-0.2, -0.15) is 0 Å². The molecule has 48 heavy (non-hydrogen) atoms. The topological polar surface area (TPSA) is 70.7 Å². The van der Waals surface area contributed by atoms with Crippen LogP contribution in [0.25, 0.3) is 22.0 Å². The Morgan fingerprint density at radius 1 is 0.938 bits per heavy atom. The fourth-order valence-electron chi connectivity index (χ4n) is 6.76. The van der Waals surface area contributed by atoms with Crippen molar-refractivity contribution in [3.05, 3.63) is 102 Å². The predicted molar refractivity (Wildman–Crippen MR) is 182 cm³/mol. The number of hydrogen-bond acceptors (Lipinski definition) is 6. The van der Waals surface area contributed by atoms with E-state index in [0.29, 0.717) is 6.54 Å². The third-order valence-corrected chi connectivity index (χ3v) is 9.58. The zero-order valence-corrected chi connectivity index (χ0v) is 27.2. The van der Waals surface area contributed by atoms with Gasteiger partial charge < -0.3 is 25.7 Å². The largest absolute Gasteiger partial charge is 0.573 e. The van der Waals surface area contributed by atoms with E-state index in [4.69, 9.17) is 5.73 Å². The van der Waals surface area contributed by atoms with E-state index in [9.17, 15) is 17.6 Å². The summed E-state index contributed by atoms with van der Waals surface area (Å²) in [6.07, 6.45) is -0.117. The average molecular weight is 665 g/mol. The standard InChI is InChI=1S/C37H44F4N6O/c1-27(36(42)13-16-43-17-14-36)44-15-4-18-47-26-33(29-8-10-31(11-9-29)48-37(39,40)41)32-23-28(7-12-35(32)47)24-45-19-21-46(22-20-45)25-30-5-2-3-6-34(30)38/h2-3,5-12,23,26,43-44H,1,4,13-22,24-25,42H2. The SMILES string of the molecule is C=C(NCCCn1cc(-c2ccc(OC(F)(F)F)cc2)c2cc(CN3CCN(Cc4ccccc4F)CC3)ccc21)C1(N)CCNCC1. The van der Waals surface area contributed by atoms with Gasteiger partial charge in [-0.15, -0.1) is 13.2 Å². The number of ether oxygens (including phenoxy) is 1. The number of rotatable bonds is 12. The molecule has 3 aromatic carbocycles. The molecule has 0 radical (unpaired) electrons. The molecule has 2 aliphatic heterocycles. The molecule has 3 heterocycles. The molecule has 0 amide bonds. The molecule has 2 aliphatic rings. The molecule has 256 valence electrons. The molecule has 0 bridgehead atoms. The maximum absolute atomic E-state index is 14.2. The number of piperidine rings is 1. The second-order valence-electron chi connectivity index (χ2n) is 13.0. The second kappa shape index (κ2) is 14.7. The van der Waals surface area contributed by atoms with E-state index in [1.807, 2.05) is 12.1 Å². The van der Waals surface area contributed by atoms with Crippen molar-refractivity contribution in [1.82, 2.24) is 25.0 Å². The number of halogens is 4. The van der Waals surface area contributed by atoms with Crippen LogP contribution in [0.4, 0.5) is 17.6 Å². The fourth-order valence-corrected chi connectivity index (χ4v) is 6.76. The van der Waals surface area contributed by atoms with Gasteiger partial charge in [-0.25, -0.2) is 4.39 Å². The number of alkyl halides is 3. The minimum Gasteiger partial charge on any atom is -0.406 e. The van der Waals surface area contributed by atoms with E-state index in [1.54, 1.807) is 18.2 Å². The summed E-state index contributed by atoms with van der Waals surface area (Å²) < 4.78 is 58.9. The number of nitrogens with one attached hydrogen (secondary N) is 2. The van der Waals surface area contributed by atoms with E-state index < -0.39 is 11.9 Å². The summed E-state index contributed by atoms with van der Waals surface area (Å²) >= 11 is 0. The van der Waals surface area contributed by atoms with Crippen molar-refractivity contribution in [1.29, 1.82) is 0 Å². The predicted octanol–water partition coefficient (Wildman–Crippen LogP) is 6.24. The van der Waals surface area contributed by atoms with Crippen LogP contribution < -0.4 is 21.1 Å². The third kappa shape index (κ3) is 8.38. The lowest BCUT2D eigenvalue weighted by Crippen LogP contribution is -2.53. The van der Waals surface area contributed by atoms with Crippen molar-refractivity contribution in [3.63, 3.8) is 0 Å². The maximum atomic E-state index is 14.2. The molecule has 2 saturated heterocycles. The van der Waals surface area contributed by atoms with Crippen LogP contribution in [-0.4, -0.2) is 72.1 Å². The first-order valence-electron chi connectivity index (χ1n) is 16.7. The lowest BCUT2D eigenvalue weighted by Gasteiger charge is -2.36. The quantitative estimate of drug-likeness (QED) is 0.123. The molecule has 7 nitrogen and oxygen atoms in total. The average Bonchev–Trinajstić information content (AvgIpc) is 3.42. The van der Waals surface area contributed by atoms with Crippen molar-refractivity contribution < 1.29 is 22.3 Å². The Kier molecular flexibility index (Phi) is 10.4. The van der Waals surface area contributed by atoms with Crippen molar-refractivity contribution in [2.45, 2.75) is 50.8 Å². The third-order valence-electron chi connectivity index (χ3n) is 9.58. The van der Waals surface area contributed by atoms with Crippen molar-refractivity contribution in [2.75, 3.05) is 45.8 Å². The van der Waals surface area contributed by atoms with Crippen LogP contribution in [0.5, 0.6) is 5.75 Å². The van der Waals surface area contributed by atoms with Crippen molar-refractivity contribution in [2.24, 2.45) is 5.73 Å². The monoisotopic (exact) mass is 664 g/mol. The van der Waals surface area contributed by atoms with Gasteiger partial charge in [0.2, 0.25) is 0 Å². The summed E-state index contributed by atoms with van der Waals surface area (Å²) in [5.41, 5.74) is 11.8. The first kappa shape index (κ1) is 34.0. The normalized spacial score (nSPS) is 17.4. The number of fused-ring (bicyclic) bond motifs is 1. The van der Waals surface area contributed by atoms with E-state index in [-0.39, 0.29) is 11.6 Å². The van der Waals surface area contributed by atoms with Gasteiger partial charge >= 0.3 is 6.36 Å². The Hall–Kier alpha value is -3.90. The molecule has 0 spiro atoms. The van der Waals surface area contributed by atoms with Crippen LogP contribution in [0.15, 0.2) is 85.2 Å². The molecule has 11 heteroatoms. The molecule has 6 rings (SSSR count). The number of piperazine rings is 1. The van der Waals surface area contributed by atoms with Crippen LogP contribution in [0.1, 0.15) is 30.4 Å². The summed E-state index contributed by atoms with van der Waals surface area (Å²) in [6.45, 7) is 12.3. The van der Waals surface area contributed by atoms with Gasteiger partial charge in [0.05, 0.1) is 5.54 Å². The highest BCUT2D eigenvalue weighted by Crippen LogP contribution is 2.34. The Balaban J connectivity index is 1.15. The lowest BCUT2D eigenvalue weighted by atomic mass is 9.86. The van der Waals surface area contributed by atoms with E-state index in [2.05, 4.69) is 60.7 Å². The van der Waals surface area contributed by atoms with Gasteiger partial charge in [0, 0.05) is 86.3 Å². The Morgan fingerprint density at radius 2 is 1.62 bits per heavy atom. The lowest BCUT2D eigenvalue weighted by molar-refractivity contribution is -0.274. The van der Waals surface area contributed by atoms with Crippen LogP contribution in [-0.2, 0) is 19.6 Å². The highest BCUT2D eigenvalue weighted by Gasteiger charge is 2.31. The molecule has 4 N–H and O–H groups in total. The second-order valence-corrected chi connectivity index (χ2v) is 13.0. The summed E-state index contributed by atoms with van der Waals surface area (Å²) in [4.78, 5) is 4.69. The first-order chi connectivity index (χ1) is 23.1. The summed E-state index contributed by atoms with van der Waals surface area (Å²) in [5.74, 6) is -0.413. The van der Waals surface area contributed by atoms with Gasteiger partial charge in [-0.1, -0.05) is 43.0 Å². The van der Waals surface area contributed by atoms with Gasteiger partial charge in [-0.3, -0.25) is 9.80 Å². The number of nitrogens with zero attached hydrogens (tertiary/aromatic N) is 3. The molecule has 0 saturated carbocycles. The number of hydrogen-bond donors (Lipinski definition) is 3. The Bertz CT molecular complexity index is 1690. The number of aromatic nitrogens is 1. The number of benzene rings is 3. The number of nitrogens with two attached hydrogens (primary N) is 1. The van der Waals surface area contributed by atoms with E-state index in [1.165, 1.54) is 18.2 Å². The molecular weight excluding hydrogens is 620 g/mol. The van der Waals surface area contributed by atoms with Crippen molar-refractivity contribution >= 4 is 10.9 Å². The smallest absolute Gasteiger partial charge is 0.406 e. The summed E-state index contributed by atoms with van der Waals surface area (Å²) in [5, 5.41) is 7.84. The van der Waals surface area contributed by atoms with Crippen LogP contribution >= 0.6 is 0 Å². The van der Waals surface area contributed by atoms with Gasteiger partial charge in [-0.05, 0) is 73.8 Å². The zero-order valence-electron chi connectivity index (χ0n) is 27.2. The molecule has 0 atom stereocenters. The van der Waals surface area contributed by atoms with Gasteiger partial charge in [0.15, 0.2) is 0 Å². The Morgan fingerprint density at radius 3 is 2.31 bits per heavy atom. The van der Waals surface area contributed by atoms with E-state index in [0.717, 1.165) is 117 Å². The maximum Gasteiger partial charge on any atom is 0.573 e. The molecule has 4 aromatic rings. The van der Waals surface area contributed by atoms with Gasteiger partial charge in [0.1, 0.15) is 11.6 Å². The fraction of sp³-hybridized carbons (Fsp3) is 0.405. The molecule has 1 aromatic heterocycles. The van der Waals surface area contributed by atoms with Crippen LogP contribution in [0.3, 0.4) is 0 Å². The van der Waals surface area contributed by atoms with Gasteiger partial charge in [0.25, 0.3) is 0 Å².